The van der Waals surface area contributed by atoms with Crippen LogP contribution < -0.4 is 10.2 Å². The van der Waals surface area contributed by atoms with E-state index >= 15 is 0 Å². The van der Waals surface area contributed by atoms with Crippen LogP contribution in [0.5, 0.6) is 0 Å². The van der Waals surface area contributed by atoms with E-state index in [0.29, 0.717) is 16.8 Å². The number of thiophene rings is 1. The van der Waals surface area contributed by atoms with Gasteiger partial charge >= 0.3 is 6.18 Å². The second-order valence-electron chi connectivity index (χ2n) is 10.7. The van der Waals surface area contributed by atoms with Crippen LogP contribution in [0.2, 0.25) is 0 Å². The molecule has 1 saturated carbocycles. The van der Waals surface area contributed by atoms with Gasteiger partial charge in [0, 0.05) is 48.1 Å². The summed E-state index contributed by atoms with van der Waals surface area (Å²) in [6.45, 7) is 5.15. The molecule has 4 heterocycles. The molecule has 13 heteroatoms. The molecule has 2 fully saturated rings. The normalized spacial score (nSPS) is 21.6. The summed E-state index contributed by atoms with van der Waals surface area (Å²) in [6, 6.07) is 7.80. The van der Waals surface area contributed by atoms with E-state index in [0.717, 1.165) is 66.9 Å². The fourth-order valence-corrected chi connectivity index (χ4v) is 8.23. The van der Waals surface area contributed by atoms with E-state index < -0.39 is 21.6 Å². The molecular weight excluding hydrogens is 563 g/mol. The Kier molecular flexibility index (Phi) is 7.04. The van der Waals surface area contributed by atoms with Crippen molar-refractivity contribution in [1.82, 2.24) is 14.9 Å². The number of ether oxygens (including phenoxy) is 1. The summed E-state index contributed by atoms with van der Waals surface area (Å²) in [5.41, 5.74) is 1.62. The van der Waals surface area contributed by atoms with Crippen molar-refractivity contribution in [3.63, 3.8) is 0 Å². The van der Waals surface area contributed by atoms with Gasteiger partial charge in [-0.15, -0.1) is 11.3 Å². The van der Waals surface area contributed by atoms with E-state index in [9.17, 15) is 21.6 Å². The number of nitrogens with zero attached hydrogens (tertiary/aromatic N) is 4. The third kappa shape index (κ3) is 5.44. The zero-order valence-electron chi connectivity index (χ0n) is 22.2. The van der Waals surface area contributed by atoms with Gasteiger partial charge in [-0.05, 0) is 62.6 Å². The van der Waals surface area contributed by atoms with Gasteiger partial charge in [-0.2, -0.15) is 13.2 Å². The number of rotatable bonds is 5. The summed E-state index contributed by atoms with van der Waals surface area (Å²) in [7, 11) is -1.54. The first-order valence-corrected chi connectivity index (χ1v) is 15.7. The maximum Gasteiger partial charge on any atom is 0.420 e. The number of sulfone groups is 1. The predicted octanol–water partition coefficient (Wildman–Crippen LogP) is 5.29. The summed E-state index contributed by atoms with van der Waals surface area (Å²) in [4.78, 5) is 13.5. The van der Waals surface area contributed by atoms with Crippen LogP contribution in [0.1, 0.15) is 41.7 Å². The molecule has 214 valence electrons. The Bertz CT molecular complexity index is 1540. The first kappa shape index (κ1) is 27.4. The molecule has 0 bridgehead atoms. The second-order valence-corrected chi connectivity index (χ2v) is 13.9. The standard InChI is InChI=1S/C27H30F3N5O3S2/c1-16-14-34(2)7-8-35(16)18-5-6-21(19(11-18)17-3-4-17)32-26-31-13-20(27(28,29)30)25(33-26)22-12-24-23(39-22)15-38-9-10-40(24,36)37/h5-6,11-13,16-17H,3-4,7-10,14-15H2,1-2H3,(H,31,32,33). The molecule has 1 N–H and O–H groups in total. The Hall–Kier alpha value is -2.74. The van der Waals surface area contributed by atoms with Crippen molar-refractivity contribution in [1.29, 1.82) is 0 Å². The maximum absolute atomic E-state index is 14.0. The highest BCUT2D eigenvalue weighted by Crippen LogP contribution is 2.46. The average Bonchev–Trinajstić information content (AvgIpc) is 3.66. The predicted molar refractivity (Wildman–Crippen MR) is 148 cm³/mol. The van der Waals surface area contributed by atoms with Crippen molar-refractivity contribution in [3.05, 3.63) is 46.5 Å². The van der Waals surface area contributed by atoms with Gasteiger partial charge in [-0.1, -0.05) is 0 Å². The highest BCUT2D eigenvalue weighted by atomic mass is 32.2. The second kappa shape index (κ2) is 10.3. The fraction of sp³-hybridized carbons (Fsp3) is 0.481. The minimum atomic E-state index is -4.72. The molecule has 8 nitrogen and oxygen atoms in total. The number of hydrogen-bond acceptors (Lipinski definition) is 9. The molecule has 0 radical (unpaired) electrons. The van der Waals surface area contributed by atoms with Crippen LogP contribution >= 0.6 is 11.3 Å². The average molecular weight is 594 g/mol. The molecule has 1 aromatic carbocycles. The van der Waals surface area contributed by atoms with E-state index in [1.807, 2.05) is 12.1 Å². The lowest BCUT2D eigenvalue weighted by molar-refractivity contribution is -0.137. The molecule has 3 aromatic rings. The minimum absolute atomic E-state index is 0.0102. The summed E-state index contributed by atoms with van der Waals surface area (Å²) in [5.74, 6) is 0.178. The third-order valence-corrected chi connectivity index (χ3v) is 10.6. The molecule has 3 aliphatic rings. The van der Waals surface area contributed by atoms with Crippen LogP contribution in [0.4, 0.5) is 30.5 Å². The molecule has 0 amide bonds. The smallest absolute Gasteiger partial charge is 0.375 e. The Labute approximate surface area is 235 Å². The molecule has 0 spiro atoms. The Balaban J connectivity index is 1.36. The van der Waals surface area contributed by atoms with Gasteiger partial charge in [0.25, 0.3) is 0 Å². The Morgan fingerprint density at radius 1 is 1.18 bits per heavy atom. The van der Waals surface area contributed by atoms with Crippen molar-refractivity contribution >= 4 is 38.5 Å². The number of alkyl halides is 3. The summed E-state index contributed by atoms with van der Waals surface area (Å²) >= 11 is 0.954. The van der Waals surface area contributed by atoms with Gasteiger partial charge in [-0.25, -0.2) is 18.4 Å². The van der Waals surface area contributed by atoms with E-state index in [-0.39, 0.29) is 40.4 Å². The van der Waals surface area contributed by atoms with E-state index in [1.54, 1.807) is 0 Å². The van der Waals surface area contributed by atoms with Crippen LogP contribution in [-0.2, 0) is 27.4 Å². The van der Waals surface area contributed by atoms with Gasteiger partial charge in [0.1, 0.15) is 5.56 Å². The minimum Gasteiger partial charge on any atom is -0.375 e. The van der Waals surface area contributed by atoms with Crippen LogP contribution in [0.3, 0.4) is 0 Å². The molecule has 6 rings (SSSR count). The van der Waals surface area contributed by atoms with Gasteiger partial charge in [-0.3, -0.25) is 0 Å². The van der Waals surface area contributed by atoms with E-state index in [4.69, 9.17) is 4.74 Å². The number of halogens is 3. The van der Waals surface area contributed by atoms with Crippen LogP contribution in [0.15, 0.2) is 35.4 Å². The highest BCUT2D eigenvalue weighted by Gasteiger charge is 2.37. The van der Waals surface area contributed by atoms with Gasteiger partial charge in [0.15, 0.2) is 9.84 Å². The monoisotopic (exact) mass is 593 g/mol. The first-order chi connectivity index (χ1) is 19.0. The van der Waals surface area contributed by atoms with Crippen LogP contribution in [0.25, 0.3) is 10.6 Å². The lowest BCUT2D eigenvalue weighted by atomic mass is 10.0. The molecule has 1 saturated heterocycles. The summed E-state index contributed by atoms with van der Waals surface area (Å²) in [5, 5.41) is 3.16. The quantitative estimate of drug-likeness (QED) is 0.427. The highest BCUT2D eigenvalue weighted by molar-refractivity contribution is 7.91. The Morgan fingerprint density at radius 2 is 1.98 bits per heavy atom. The number of piperazine rings is 1. The number of nitrogens with one attached hydrogen (secondary N) is 1. The number of likely N-dealkylation sites (N-methyl/N-ethyl adjacent to an activating group) is 1. The zero-order valence-corrected chi connectivity index (χ0v) is 23.8. The van der Waals surface area contributed by atoms with E-state index in [2.05, 4.69) is 45.1 Å². The van der Waals surface area contributed by atoms with Crippen molar-refractivity contribution in [3.8, 4) is 10.6 Å². The molecular formula is C27H30F3N5O3S2. The van der Waals surface area contributed by atoms with Gasteiger partial charge in [0.2, 0.25) is 5.95 Å². The van der Waals surface area contributed by atoms with E-state index in [1.165, 1.54) is 6.07 Å². The Morgan fingerprint density at radius 3 is 2.70 bits per heavy atom. The third-order valence-electron chi connectivity index (χ3n) is 7.62. The largest absolute Gasteiger partial charge is 0.420 e. The van der Waals surface area contributed by atoms with Crippen molar-refractivity contribution < 1.29 is 26.3 Å². The lowest BCUT2D eigenvalue weighted by Crippen LogP contribution is -2.50. The maximum atomic E-state index is 14.0. The van der Waals surface area contributed by atoms with Crippen LogP contribution in [-0.4, -0.2) is 68.4 Å². The van der Waals surface area contributed by atoms with Crippen molar-refractivity contribution in [2.75, 3.05) is 49.3 Å². The topological polar surface area (TPSA) is 87.7 Å². The van der Waals surface area contributed by atoms with Gasteiger partial charge < -0.3 is 19.9 Å². The molecule has 40 heavy (non-hydrogen) atoms. The summed E-state index contributed by atoms with van der Waals surface area (Å²) in [6.07, 6.45) is -1.86. The number of benzene rings is 1. The van der Waals surface area contributed by atoms with Gasteiger partial charge in [0.05, 0.1) is 34.4 Å². The summed E-state index contributed by atoms with van der Waals surface area (Å²) < 4.78 is 72.7. The number of hydrogen-bond donors (Lipinski definition) is 1. The fourth-order valence-electron chi connectivity index (χ4n) is 5.39. The molecule has 1 atom stereocenters. The number of anilines is 3. The first-order valence-electron chi connectivity index (χ1n) is 13.2. The molecule has 2 aliphatic heterocycles. The van der Waals surface area contributed by atoms with Crippen molar-refractivity contribution in [2.45, 2.75) is 49.4 Å². The number of aromatic nitrogens is 2. The molecule has 1 aliphatic carbocycles. The lowest BCUT2D eigenvalue weighted by Gasteiger charge is -2.40. The van der Waals surface area contributed by atoms with Crippen LogP contribution in [0, 0.1) is 0 Å². The van der Waals surface area contributed by atoms with Crippen molar-refractivity contribution in [2.24, 2.45) is 0 Å². The molecule has 2 aromatic heterocycles. The zero-order chi connectivity index (χ0) is 28.2. The number of fused-ring (bicyclic) bond motifs is 1. The molecule has 1 unspecified atom stereocenters. The SMILES string of the molecule is CC1CN(C)CCN1c1ccc(Nc2ncc(C(F)(F)F)c(-c3cc4c(s3)COCCS4(=O)=O)n2)c(C2CC2)c1.